The highest BCUT2D eigenvalue weighted by atomic mass is 35.5. The van der Waals surface area contributed by atoms with E-state index in [1.165, 1.54) is 0 Å². The molecule has 3 rings (SSSR count). The molecule has 0 amide bonds. The molecule has 1 N–H and O–H groups in total. The average molecular weight is 305 g/mol. The molecule has 0 aliphatic carbocycles. The second-order valence-corrected chi connectivity index (χ2v) is 4.58. The van der Waals surface area contributed by atoms with Gasteiger partial charge in [-0.15, -0.1) is 12.4 Å². The van der Waals surface area contributed by atoms with Crippen molar-refractivity contribution >= 4 is 41.9 Å². The number of halogens is 1. The van der Waals surface area contributed by atoms with Crippen LogP contribution in [0.4, 0.5) is 0 Å². The summed E-state index contributed by atoms with van der Waals surface area (Å²) in [5, 5.41) is 0. The molecular formula is C15H13ClN2OS. The quantitative estimate of drug-likeness (QED) is 0.573. The molecule has 1 aromatic heterocycles. The molecule has 0 bridgehead atoms. The van der Waals surface area contributed by atoms with E-state index < -0.39 is 0 Å². The van der Waals surface area contributed by atoms with E-state index in [1.54, 1.807) is 6.07 Å². The Balaban J connectivity index is 0.00000147. The molecule has 20 heavy (non-hydrogen) atoms. The number of ketones is 1. The minimum Gasteiger partial charge on any atom is -0.341 e. The molecule has 3 nitrogen and oxygen atoms in total. The van der Waals surface area contributed by atoms with Gasteiger partial charge in [-0.25, -0.2) is 4.98 Å². The summed E-state index contributed by atoms with van der Waals surface area (Å²) in [4.78, 5) is 19.8. The van der Waals surface area contributed by atoms with Crippen molar-refractivity contribution in [1.82, 2.24) is 9.97 Å². The lowest BCUT2D eigenvalue weighted by Gasteiger charge is -2.00. The fraction of sp³-hybridized carbons (Fsp3) is 0.0667. The number of aromatic nitrogens is 2. The molecule has 0 fully saturated rings. The Hall–Kier alpha value is -1.78. The number of imidazole rings is 1. The van der Waals surface area contributed by atoms with Gasteiger partial charge in [0.25, 0.3) is 0 Å². The van der Waals surface area contributed by atoms with Gasteiger partial charge in [0.1, 0.15) is 5.82 Å². The van der Waals surface area contributed by atoms with E-state index in [4.69, 9.17) is 0 Å². The van der Waals surface area contributed by atoms with Crippen LogP contribution in [0.2, 0.25) is 0 Å². The minimum absolute atomic E-state index is 0. The summed E-state index contributed by atoms with van der Waals surface area (Å²) in [5.74, 6) is 1.38. The van der Waals surface area contributed by atoms with Gasteiger partial charge in [0.2, 0.25) is 0 Å². The Morgan fingerprint density at radius 3 is 2.55 bits per heavy atom. The van der Waals surface area contributed by atoms with Crippen molar-refractivity contribution in [3.05, 3.63) is 65.5 Å². The summed E-state index contributed by atoms with van der Waals surface area (Å²) in [6.45, 7) is 0. The Kier molecular flexibility index (Phi) is 4.47. The summed E-state index contributed by atoms with van der Waals surface area (Å²) >= 11 is 4.18. The predicted molar refractivity (Wildman–Crippen MR) is 85.9 cm³/mol. The number of benzene rings is 2. The lowest BCUT2D eigenvalue weighted by Crippen LogP contribution is -2.00. The summed E-state index contributed by atoms with van der Waals surface area (Å²) in [6, 6.07) is 14.8. The highest BCUT2D eigenvalue weighted by Gasteiger charge is 2.10. The lowest BCUT2D eigenvalue weighted by atomic mass is 10.0. The number of carbonyl (C=O) groups excluding carboxylic acids is 1. The van der Waals surface area contributed by atoms with Gasteiger partial charge in [-0.1, -0.05) is 30.3 Å². The van der Waals surface area contributed by atoms with E-state index in [2.05, 4.69) is 22.6 Å². The predicted octanol–water partition coefficient (Wildman–Crippen LogP) is 3.65. The zero-order valence-electron chi connectivity index (χ0n) is 10.5. The SMILES string of the molecule is Cl.O=C(c1ccccc1)c1ccc2nc(CS)[nH]c2c1. The molecule has 0 spiro atoms. The van der Waals surface area contributed by atoms with Gasteiger partial charge < -0.3 is 4.98 Å². The molecule has 0 unspecified atom stereocenters. The number of hydrogen-bond donors (Lipinski definition) is 2. The number of aromatic amines is 1. The molecule has 1 heterocycles. The first kappa shape index (κ1) is 14.6. The average Bonchev–Trinajstić information content (AvgIpc) is 2.89. The van der Waals surface area contributed by atoms with Gasteiger partial charge in [0.05, 0.1) is 11.0 Å². The fourth-order valence-electron chi connectivity index (χ4n) is 2.03. The number of nitrogens with zero attached hydrogens (tertiary/aromatic N) is 1. The zero-order chi connectivity index (χ0) is 13.2. The number of hydrogen-bond acceptors (Lipinski definition) is 3. The smallest absolute Gasteiger partial charge is 0.193 e. The molecule has 5 heteroatoms. The van der Waals surface area contributed by atoms with Crippen molar-refractivity contribution < 1.29 is 4.79 Å². The second kappa shape index (κ2) is 6.11. The van der Waals surface area contributed by atoms with E-state index >= 15 is 0 Å². The van der Waals surface area contributed by atoms with Gasteiger partial charge in [-0.2, -0.15) is 12.6 Å². The highest BCUT2D eigenvalue weighted by Crippen LogP contribution is 2.17. The first-order valence-electron chi connectivity index (χ1n) is 5.97. The third-order valence-electron chi connectivity index (χ3n) is 2.98. The molecule has 0 aliphatic heterocycles. The molecule has 0 radical (unpaired) electrons. The Morgan fingerprint density at radius 2 is 1.85 bits per heavy atom. The molecule has 102 valence electrons. The van der Waals surface area contributed by atoms with Gasteiger partial charge in [0, 0.05) is 16.9 Å². The monoisotopic (exact) mass is 304 g/mol. The van der Waals surface area contributed by atoms with E-state index in [1.807, 2.05) is 42.5 Å². The maximum absolute atomic E-state index is 12.3. The van der Waals surface area contributed by atoms with Crippen LogP contribution in [0.15, 0.2) is 48.5 Å². The van der Waals surface area contributed by atoms with E-state index in [-0.39, 0.29) is 18.2 Å². The zero-order valence-corrected chi connectivity index (χ0v) is 12.2. The van der Waals surface area contributed by atoms with Crippen LogP contribution in [0.25, 0.3) is 11.0 Å². The molecular weight excluding hydrogens is 292 g/mol. The first-order chi connectivity index (χ1) is 9.28. The Morgan fingerprint density at radius 1 is 1.10 bits per heavy atom. The highest BCUT2D eigenvalue weighted by molar-refractivity contribution is 7.79. The topological polar surface area (TPSA) is 45.8 Å². The first-order valence-corrected chi connectivity index (χ1v) is 6.60. The van der Waals surface area contributed by atoms with Gasteiger partial charge in [0.15, 0.2) is 5.78 Å². The fourth-order valence-corrected chi connectivity index (χ4v) is 2.18. The maximum atomic E-state index is 12.3. The van der Waals surface area contributed by atoms with E-state index in [0.717, 1.165) is 16.9 Å². The largest absolute Gasteiger partial charge is 0.341 e. The van der Waals surface area contributed by atoms with Crippen molar-refractivity contribution in [3.8, 4) is 0 Å². The summed E-state index contributed by atoms with van der Waals surface area (Å²) in [5.41, 5.74) is 3.07. The maximum Gasteiger partial charge on any atom is 0.193 e. The van der Waals surface area contributed by atoms with Crippen molar-refractivity contribution in [2.24, 2.45) is 0 Å². The third kappa shape index (κ3) is 2.71. The number of carbonyl (C=O) groups is 1. The summed E-state index contributed by atoms with van der Waals surface area (Å²) < 4.78 is 0. The molecule has 0 saturated carbocycles. The number of nitrogens with one attached hydrogen (secondary N) is 1. The minimum atomic E-state index is 0. The molecule has 3 aromatic rings. The number of fused-ring (bicyclic) bond motifs is 1. The Bertz CT molecular complexity index is 740. The van der Waals surface area contributed by atoms with Crippen LogP contribution in [-0.4, -0.2) is 15.8 Å². The normalized spacial score (nSPS) is 10.2. The van der Waals surface area contributed by atoms with Gasteiger partial charge >= 0.3 is 0 Å². The van der Waals surface area contributed by atoms with Crippen LogP contribution in [0.5, 0.6) is 0 Å². The van der Waals surface area contributed by atoms with E-state index in [0.29, 0.717) is 16.9 Å². The van der Waals surface area contributed by atoms with Crippen LogP contribution >= 0.6 is 25.0 Å². The molecule has 0 aliphatic rings. The van der Waals surface area contributed by atoms with Crippen LogP contribution in [0.3, 0.4) is 0 Å². The standard InChI is InChI=1S/C15H12N2OS.ClH/c18-15(10-4-2-1-3-5-10)11-6-7-12-13(8-11)17-14(9-19)16-12;/h1-8,19H,9H2,(H,16,17);1H. The van der Waals surface area contributed by atoms with Crippen molar-refractivity contribution in [2.75, 3.05) is 0 Å². The summed E-state index contributed by atoms with van der Waals surface area (Å²) in [7, 11) is 0. The van der Waals surface area contributed by atoms with Crippen molar-refractivity contribution in [1.29, 1.82) is 0 Å². The van der Waals surface area contributed by atoms with Crippen molar-refractivity contribution in [2.45, 2.75) is 5.75 Å². The van der Waals surface area contributed by atoms with Crippen LogP contribution in [-0.2, 0) is 5.75 Å². The number of H-pyrrole nitrogens is 1. The molecule has 0 saturated heterocycles. The van der Waals surface area contributed by atoms with Crippen molar-refractivity contribution in [3.63, 3.8) is 0 Å². The van der Waals surface area contributed by atoms with Crippen LogP contribution < -0.4 is 0 Å². The van der Waals surface area contributed by atoms with Crippen LogP contribution in [0.1, 0.15) is 21.7 Å². The van der Waals surface area contributed by atoms with Gasteiger partial charge in [-0.3, -0.25) is 4.79 Å². The van der Waals surface area contributed by atoms with E-state index in [9.17, 15) is 4.79 Å². The third-order valence-corrected chi connectivity index (χ3v) is 3.28. The second-order valence-electron chi connectivity index (χ2n) is 4.27. The molecule has 0 atom stereocenters. The Labute approximate surface area is 128 Å². The number of thiol groups is 1. The molecule has 2 aromatic carbocycles. The van der Waals surface area contributed by atoms with Crippen LogP contribution in [0, 0.1) is 0 Å². The number of rotatable bonds is 3. The lowest BCUT2D eigenvalue weighted by molar-refractivity contribution is 0.103. The van der Waals surface area contributed by atoms with Gasteiger partial charge in [-0.05, 0) is 18.2 Å². The summed E-state index contributed by atoms with van der Waals surface area (Å²) in [6.07, 6.45) is 0.